The van der Waals surface area contributed by atoms with Crippen LogP contribution in [0.3, 0.4) is 0 Å². The lowest BCUT2D eigenvalue weighted by Crippen LogP contribution is -2.16. The maximum atomic E-state index is 12.2. The zero-order chi connectivity index (χ0) is 14.0. The average Bonchev–Trinajstić information content (AvgIpc) is 2.37. The Morgan fingerprint density at radius 1 is 1.32 bits per heavy atom. The van der Waals surface area contributed by atoms with Gasteiger partial charge in [-0.3, -0.25) is 4.79 Å². The van der Waals surface area contributed by atoms with Crippen molar-refractivity contribution in [3.05, 3.63) is 46.2 Å². The molecule has 5 nitrogen and oxygen atoms in total. The number of aromatic nitrogens is 2. The standard InChI is InChI=1S/C13H13ClN4O/c1-7-6-9(8(2)18-17-7)13(19)16-12-10(14)4-3-5-11(12)15/h3-6H,15H2,1-2H3,(H,16,19). The number of hydrogen-bond donors (Lipinski definition) is 2. The van der Waals surface area contributed by atoms with E-state index in [1.807, 2.05) is 0 Å². The molecule has 0 fully saturated rings. The van der Waals surface area contributed by atoms with Gasteiger partial charge in [-0.2, -0.15) is 10.2 Å². The van der Waals surface area contributed by atoms with Crippen LogP contribution >= 0.6 is 11.6 Å². The largest absolute Gasteiger partial charge is 0.397 e. The number of carbonyl (C=O) groups excluding carboxylic acids is 1. The summed E-state index contributed by atoms with van der Waals surface area (Å²) < 4.78 is 0. The highest BCUT2D eigenvalue weighted by Gasteiger charge is 2.14. The molecule has 0 aliphatic rings. The summed E-state index contributed by atoms with van der Waals surface area (Å²) in [5.41, 5.74) is 8.28. The first-order valence-corrected chi connectivity index (χ1v) is 6.03. The van der Waals surface area contributed by atoms with E-state index in [1.54, 1.807) is 38.1 Å². The zero-order valence-corrected chi connectivity index (χ0v) is 11.3. The lowest BCUT2D eigenvalue weighted by Gasteiger charge is -2.11. The van der Waals surface area contributed by atoms with Crippen molar-refractivity contribution in [3.8, 4) is 0 Å². The van der Waals surface area contributed by atoms with E-state index in [0.717, 1.165) is 0 Å². The number of nitrogens with two attached hydrogens (primary N) is 1. The quantitative estimate of drug-likeness (QED) is 0.826. The van der Waals surface area contributed by atoms with Crippen LogP contribution < -0.4 is 11.1 Å². The van der Waals surface area contributed by atoms with E-state index in [2.05, 4.69) is 15.5 Å². The number of rotatable bonds is 2. The fraction of sp³-hybridized carbons (Fsp3) is 0.154. The molecule has 0 saturated carbocycles. The third-order valence-corrected chi connectivity index (χ3v) is 2.94. The van der Waals surface area contributed by atoms with Crippen molar-refractivity contribution in [2.75, 3.05) is 11.1 Å². The van der Waals surface area contributed by atoms with Gasteiger partial charge in [-0.25, -0.2) is 0 Å². The summed E-state index contributed by atoms with van der Waals surface area (Å²) in [6.45, 7) is 3.49. The van der Waals surface area contributed by atoms with Crippen LogP contribution in [0.15, 0.2) is 24.3 Å². The molecule has 0 atom stereocenters. The molecular weight excluding hydrogens is 264 g/mol. The Morgan fingerprint density at radius 2 is 2.05 bits per heavy atom. The first kappa shape index (κ1) is 13.3. The molecule has 1 amide bonds. The molecule has 0 aliphatic carbocycles. The lowest BCUT2D eigenvalue weighted by molar-refractivity contribution is 0.102. The molecule has 19 heavy (non-hydrogen) atoms. The van der Waals surface area contributed by atoms with Gasteiger partial charge in [0.05, 0.1) is 33.3 Å². The second-order valence-electron chi connectivity index (χ2n) is 4.14. The molecule has 0 aliphatic heterocycles. The van der Waals surface area contributed by atoms with Crippen molar-refractivity contribution in [2.24, 2.45) is 0 Å². The number of carbonyl (C=O) groups is 1. The topological polar surface area (TPSA) is 80.9 Å². The fourth-order valence-corrected chi connectivity index (χ4v) is 1.86. The molecule has 6 heteroatoms. The number of nitrogens with zero attached hydrogens (tertiary/aromatic N) is 2. The van der Waals surface area contributed by atoms with Crippen molar-refractivity contribution in [1.29, 1.82) is 0 Å². The molecule has 0 radical (unpaired) electrons. The van der Waals surface area contributed by atoms with Crippen molar-refractivity contribution >= 4 is 28.9 Å². The molecule has 2 aromatic rings. The van der Waals surface area contributed by atoms with Crippen LogP contribution in [0.5, 0.6) is 0 Å². The number of nitrogen functional groups attached to an aromatic ring is 1. The van der Waals surface area contributed by atoms with Gasteiger partial charge in [0.15, 0.2) is 0 Å². The summed E-state index contributed by atoms with van der Waals surface area (Å²) in [6, 6.07) is 6.72. The highest BCUT2D eigenvalue weighted by molar-refractivity contribution is 6.34. The Hall–Kier alpha value is -2.14. The second-order valence-corrected chi connectivity index (χ2v) is 4.55. The Labute approximate surface area is 115 Å². The summed E-state index contributed by atoms with van der Waals surface area (Å²) in [5, 5.41) is 10.9. The molecule has 2 rings (SSSR count). The molecule has 0 bridgehead atoms. The van der Waals surface area contributed by atoms with E-state index in [4.69, 9.17) is 17.3 Å². The van der Waals surface area contributed by atoms with Crippen molar-refractivity contribution in [1.82, 2.24) is 10.2 Å². The summed E-state index contributed by atoms with van der Waals surface area (Å²) in [4.78, 5) is 12.2. The Balaban J connectivity index is 2.34. The molecule has 3 N–H and O–H groups in total. The van der Waals surface area contributed by atoms with Gasteiger partial charge in [0.2, 0.25) is 0 Å². The number of nitrogens with one attached hydrogen (secondary N) is 1. The monoisotopic (exact) mass is 276 g/mol. The number of halogens is 1. The predicted molar refractivity (Wildman–Crippen MR) is 75.3 cm³/mol. The van der Waals surface area contributed by atoms with E-state index >= 15 is 0 Å². The number of amides is 1. The van der Waals surface area contributed by atoms with Gasteiger partial charge < -0.3 is 11.1 Å². The van der Waals surface area contributed by atoms with Crippen LogP contribution in [0.2, 0.25) is 5.02 Å². The summed E-state index contributed by atoms with van der Waals surface area (Å²) in [7, 11) is 0. The molecular formula is C13H13ClN4O. The predicted octanol–water partition coefficient (Wildman–Crippen LogP) is 2.58. The van der Waals surface area contributed by atoms with Crippen molar-refractivity contribution < 1.29 is 4.79 Å². The minimum atomic E-state index is -0.310. The van der Waals surface area contributed by atoms with E-state index in [1.165, 1.54) is 0 Å². The normalized spacial score (nSPS) is 10.3. The third kappa shape index (κ3) is 2.82. The van der Waals surface area contributed by atoms with Crippen LogP contribution in [0.4, 0.5) is 11.4 Å². The second kappa shape index (κ2) is 5.24. The number of aryl methyl sites for hydroxylation is 2. The van der Waals surface area contributed by atoms with E-state index in [0.29, 0.717) is 33.3 Å². The summed E-state index contributed by atoms with van der Waals surface area (Å²) >= 11 is 6.01. The van der Waals surface area contributed by atoms with Crippen LogP contribution in [-0.2, 0) is 0 Å². The minimum Gasteiger partial charge on any atom is -0.397 e. The third-order valence-electron chi connectivity index (χ3n) is 2.63. The maximum Gasteiger partial charge on any atom is 0.257 e. The summed E-state index contributed by atoms with van der Waals surface area (Å²) in [5.74, 6) is -0.310. The molecule has 0 saturated heterocycles. The Kier molecular flexibility index (Phi) is 3.66. The maximum absolute atomic E-state index is 12.2. The number of hydrogen-bond acceptors (Lipinski definition) is 4. The van der Waals surface area contributed by atoms with Gasteiger partial charge in [0.25, 0.3) is 5.91 Å². The number of benzene rings is 1. The van der Waals surface area contributed by atoms with Gasteiger partial charge in [0, 0.05) is 0 Å². The molecule has 1 aromatic carbocycles. The van der Waals surface area contributed by atoms with Crippen LogP contribution in [0, 0.1) is 13.8 Å². The van der Waals surface area contributed by atoms with Crippen LogP contribution in [0.25, 0.3) is 0 Å². The first-order chi connectivity index (χ1) is 8.99. The average molecular weight is 277 g/mol. The molecule has 1 aromatic heterocycles. The molecule has 0 spiro atoms. The van der Waals surface area contributed by atoms with Gasteiger partial charge in [-0.1, -0.05) is 17.7 Å². The van der Waals surface area contributed by atoms with Crippen molar-refractivity contribution in [2.45, 2.75) is 13.8 Å². The van der Waals surface area contributed by atoms with Gasteiger partial charge >= 0.3 is 0 Å². The Morgan fingerprint density at radius 3 is 2.74 bits per heavy atom. The van der Waals surface area contributed by atoms with Gasteiger partial charge in [-0.15, -0.1) is 0 Å². The highest BCUT2D eigenvalue weighted by Crippen LogP contribution is 2.28. The smallest absolute Gasteiger partial charge is 0.257 e. The van der Waals surface area contributed by atoms with Crippen LogP contribution in [-0.4, -0.2) is 16.1 Å². The highest BCUT2D eigenvalue weighted by atomic mass is 35.5. The van der Waals surface area contributed by atoms with Crippen LogP contribution in [0.1, 0.15) is 21.7 Å². The minimum absolute atomic E-state index is 0.310. The number of para-hydroxylation sites is 1. The van der Waals surface area contributed by atoms with E-state index in [9.17, 15) is 4.79 Å². The zero-order valence-electron chi connectivity index (χ0n) is 10.6. The first-order valence-electron chi connectivity index (χ1n) is 5.65. The molecule has 1 heterocycles. The van der Waals surface area contributed by atoms with E-state index in [-0.39, 0.29) is 5.91 Å². The fourth-order valence-electron chi connectivity index (χ4n) is 1.63. The molecule has 0 unspecified atom stereocenters. The molecule has 98 valence electrons. The van der Waals surface area contributed by atoms with Gasteiger partial charge in [-0.05, 0) is 32.0 Å². The van der Waals surface area contributed by atoms with E-state index < -0.39 is 0 Å². The summed E-state index contributed by atoms with van der Waals surface area (Å²) in [6.07, 6.45) is 0. The lowest BCUT2D eigenvalue weighted by atomic mass is 10.1. The van der Waals surface area contributed by atoms with Gasteiger partial charge in [0.1, 0.15) is 0 Å². The Bertz CT molecular complexity index is 622. The number of anilines is 2. The van der Waals surface area contributed by atoms with Crippen molar-refractivity contribution in [3.63, 3.8) is 0 Å². The SMILES string of the molecule is Cc1cc(C(=O)Nc2c(N)cccc2Cl)c(C)nn1.